The lowest BCUT2D eigenvalue weighted by molar-refractivity contribution is -0.0516. The summed E-state index contributed by atoms with van der Waals surface area (Å²) < 4.78 is 35.7. The minimum atomic E-state index is -2.85. The number of ether oxygens (including phenoxy) is 2. The van der Waals surface area contributed by atoms with Gasteiger partial charge in [-0.3, -0.25) is 0 Å². The van der Waals surface area contributed by atoms with Crippen LogP contribution in [0.1, 0.15) is 50.0 Å². The quantitative estimate of drug-likeness (QED) is 0.859. The summed E-state index contributed by atoms with van der Waals surface area (Å²) >= 11 is 0. The van der Waals surface area contributed by atoms with Gasteiger partial charge in [-0.2, -0.15) is 8.78 Å². The molecule has 0 unspecified atom stereocenters. The van der Waals surface area contributed by atoms with Crippen LogP contribution in [0.15, 0.2) is 18.2 Å². The molecule has 0 saturated heterocycles. The van der Waals surface area contributed by atoms with Crippen LogP contribution in [0.2, 0.25) is 0 Å². The third-order valence-electron chi connectivity index (χ3n) is 4.52. The second kappa shape index (κ2) is 6.82. The lowest BCUT2D eigenvalue weighted by Gasteiger charge is -2.28. The molecule has 2 saturated carbocycles. The van der Waals surface area contributed by atoms with Gasteiger partial charge in [0.05, 0.1) is 12.7 Å². The first-order valence-corrected chi connectivity index (χ1v) is 8.02. The van der Waals surface area contributed by atoms with E-state index < -0.39 is 6.61 Å². The molecule has 2 aliphatic carbocycles. The number of aliphatic hydroxyl groups excluding tert-OH is 1. The SMILES string of the molecule is OC1CCC(c2cccc(OC(F)F)c2OCC2CC2)CC1. The van der Waals surface area contributed by atoms with E-state index in [-0.39, 0.29) is 17.8 Å². The smallest absolute Gasteiger partial charge is 0.387 e. The van der Waals surface area contributed by atoms with E-state index in [4.69, 9.17) is 4.74 Å². The number of para-hydroxylation sites is 1. The normalized spacial score (nSPS) is 25.3. The standard InChI is InChI=1S/C17H22F2O3/c18-17(19)22-15-3-1-2-14(12-6-8-13(20)9-7-12)16(15)21-10-11-4-5-11/h1-3,11-13,17,20H,4-10H2. The molecule has 3 rings (SSSR count). The third-order valence-corrected chi connectivity index (χ3v) is 4.52. The number of aliphatic hydroxyl groups is 1. The topological polar surface area (TPSA) is 38.7 Å². The van der Waals surface area contributed by atoms with Gasteiger partial charge in [-0.15, -0.1) is 0 Å². The van der Waals surface area contributed by atoms with Crippen molar-refractivity contribution in [3.8, 4) is 11.5 Å². The molecule has 0 atom stereocenters. The Morgan fingerprint density at radius 3 is 2.45 bits per heavy atom. The largest absolute Gasteiger partial charge is 0.489 e. The summed E-state index contributed by atoms with van der Waals surface area (Å²) in [5, 5.41) is 9.65. The minimum Gasteiger partial charge on any atom is -0.489 e. The number of hydrogen-bond donors (Lipinski definition) is 1. The van der Waals surface area contributed by atoms with Crippen LogP contribution >= 0.6 is 0 Å². The number of halogens is 2. The molecule has 0 heterocycles. The molecule has 0 amide bonds. The fourth-order valence-corrected chi connectivity index (χ4v) is 3.07. The Hall–Kier alpha value is -1.36. The van der Waals surface area contributed by atoms with Crippen molar-refractivity contribution in [2.45, 2.75) is 57.2 Å². The Morgan fingerprint density at radius 1 is 1.09 bits per heavy atom. The molecule has 2 fully saturated rings. The fourth-order valence-electron chi connectivity index (χ4n) is 3.07. The highest BCUT2D eigenvalue weighted by atomic mass is 19.3. The summed E-state index contributed by atoms with van der Waals surface area (Å²) in [4.78, 5) is 0. The van der Waals surface area contributed by atoms with E-state index in [1.165, 1.54) is 6.07 Å². The lowest BCUT2D eigenvalue weighted by Crippen LogP contribution is -2.18. The van der Waals surface area contributed by atoms with Gasteiger partial charge in [0.25, 0.3) is 0 Å². The summed E-state index contributed by atoms with van der Waals surface area (Å²) in [6.07, 6.45) is 5.22. The van der Waals surface area contributed by atoms with Crippen LogP contribution < -0.4 is 9.47 Å². The highest BCUT2D eigenvalue weighted by Gasteiger charge is 2.28. The van der Waals surface area contributed by atoms with E-state index in [0.717, 1.165) is 44.1 Å². The third kappa shape index (κ3) is 3.88. The Kier molecular flexibility index (Phi) is 4.81. The van der Waals surface area contributed by atoms with Crippen molar-refractivity contribution in [3.63, 3.8) is 0 Å². The number of rotatable bonds is 6. The predicted molar refractivity (Wildman–Crippen MR) is 78.5 cm³/mol. The molecule has 22 heavy (non-hydrogen) atoms. The number of alkyl halides is 2. The zero-order chi connectivity index (χ0) is 15.5. The van der Waals surface area contributed by atoms with Crippen molar-refractivity contribution < 1.29 is 23.4 Å². The molecular weight excluding hydrogens is 290 g/mol. The predicted octanol–water partition coefficient (Wildman–Crippen LogP) is 4.10. The van der Waals surface area contributed by atoms with Crippen molar-refractivity contribution in [3.05, 3.63) is 23.8 Å². The molecule has 0 spiro atoms. The molecule has 1 N–H and O–H groups in total. The van der Waals surface area contributed by atoms with Gasteiger partial charge in [0.2, 0.25) is 0 Å². The van der Waals surface area contributed by atoms with Gasteiger partial charge in [0.15, 0.2) is 11.5 Å². The lowest BCUT2D eigenvalue weighted by atomic mass is 9.82. The first-order valence-electron chi connectivity index (χ1n) is 8.02. The van der Waals surface area contributed by atoms with Crippen molar-refractivity contribution in [2.24, 2.45) is 5.92 Å². The maximum absolute atomic E-state index is 12.6. The molecule has 3 nitrogen and oxygen atoms in total. The summed E-state index contributed by atoms with van der Waals surface area (Å²) in [6, 6.07) is 5.21. The van der Waals surface area contributed by atoms with E-state index in [9.17, 15) is 13.9 Å². The molecule has 5 heteroatoms. The molecule has 122 valence electrons. The van der Waals surface area contributed by atoms with E-state index in [0.29, 0.717) is 18.3 Å². The molecule has 1 aromatic rings. The monoisotopic (exact) mass is 312 g/mol. The van der Waals surface area contributed by atoms with Gasteiger partial charge in [-0.25, -0.2) is 0 Å². The van der Waals surface area contributed by atoms with Crippen molar-refractivity contribution in [2.75, 3.05) is 6.61 Å². The molecule has 2 aliphatic rings. The average Bonchev–Trinajstić information content (AvgIpc) is 3.30. The summed E-state index contributed by atoms with van der Waals surface area (Å²) in [7, 11) is 0. The Labute approximate surface area is 129 Å². The highest BCUT2D eigenvalue weighted by molar-refractivity contribution is 5.48. The number of hydrogen-bond acceptors (Lipinski definition) is 3. The van der Waals surface area contributed by atoms with E-state index in [2.05, 4.69) is 4.74 Å². The molecule has 0 aromatic heterocycles. The zero-order valence-corrected chi connectivity index (χ0v) is 12.5. The Bertz CT molecular complexity index is 495. The van der Waals surface area contributed by atoms with Gasteiger partial charge in [0, 0.05) is 5.56 Å². The van der Waals surface area contributed by atoms with Crippen LogP contribution in [0.5, 0.6) is 11.5 Å². The van der Waals surface area contributed by atoms with Gasteiger partial charge in [0.1, 0.15) is 0 Å². The van der Waals surface area contributed by atoms with E-state index >= 15 is 0 Å². The van der Waals surface area contributed by atoms with Crippen LogP contribution in [0.25, 0.3) is 0 Å². The molecule has 1 aromatic carbocycles. The van der Waals surface area contributed by atoms with Gasteiger partial charge in [-0.1, -0.05) is 12.1 Å². The van der Waals surface area contributed by atoms with Gasteiger partial charge in [-0.05, 0) is 56.4 Å². The van der Waals surface area contributed by atoms with Crippen LogP contribution in [-0.2, 0) is 0 Å². The van der Waals surface area contributed by atoms with Crippen molar-refractivity contribution in [1.82, 2.24) is 0 Å². The van der Waals surface area contributed by atoms with Crippen LogP contribution in [0, 0.1) is 5.92 Å². The average molecular weight is 312 g/mol. The second-order valence-corrected chi connectivity index (χ2v) is 6.31. The van der Waals surface area contributed by atoms with Crippen LogP contribution in [0.3, 0.4) is 0 Å². The summed E-state index contributed by atoms with van der Waals surface area (Å²) in [5.41, 5.74) is 0.936. The minimum absolute atomic E-state index is 0.124. The molecule has 0 bridgehead atoms. The molecule has 0 aliphatic heterocycles. The molecule has 0 radical (unpaired) electrons. The van der Waals surface area contributed by atoms with Crippen molar-refractivity contribution in [1.29, 1.82) is 0 Å². The molecular formula is C17H22F2O3. The maximum Gasteiger partial charge on any atom is 0.387 e. The first-order chi connectivity index (χ1) is 10.6. The first kappa shape index (κ1) is 15.5. The van der Waals surface area contributed by atoms with Crippen LogP contribution in [-0.4, -0.2) is 24.4 Å². The Morgan fingerprint density at radius 2 is 1.82 bits per heavy atom. The maximum atomic E-state index is 12.6. The summed E-state index contributed by atoms with van der Waals surface area (Å²) in [5.74, 6) is 1.37. The van der Waals surface area contributed by atoms with E-state index in [1.807, 2.05) is 6.07 Å². The van der Waals surface area contributed by atoms with Crippen LogP contribution in [0.4, 0.5) is 8.78 Å². The van der Waals surface area contributed by atoms with Gasteiger partial charge >= 0.3 is 6.61 Å². The zero-order valence-electron chi connectivity index (χ0n) is 12.5. The fraction of sp³-hybridized carbons (Fsp3) is 0.647. The van der Waals surface area contributed by atoms with Gasteiger partial charge < -0.3 is 14.6 Å². The Balaban J connectivity index is 1.82. The second-order valence-electron chi connectivity index (χ2n) is 6.31. The summed E-state index contributed by atoms with van der Waals surface area (Å²) in [6.45, 7) is -2.29. The van der Waals surface area contributed by atoms with E-state index in [1.54, 1.807) is 6.07 Å². The highest BCUT2D eigenvalue weighted by Crippen LogP contribution is 2.43. The number of benzene rings is 1. The van der Waals surface area contributed by atoms with Crippen molar-refractivity contribution >= 4 is 0 Å².